The molecule has 3 heterocycles. The lowest BCUT2D eigenvalue weighted by Crippen LogP contribution is -2.22. The number of aryl methyl sites for hydroxylation is 1. The summed E-state index contributed by atoms with van der Waals surface area (Å²) < 4.78 is 11.0. The average molecular weight is 492 g/mol. The third-order valence-electron chi connectivity index (χ3n) is 5.56. The normalized spacial score (nSPS) is 12.3. The Morgan fingerprint density at radius 1 is 1.12 bits per heavy atom. The molecular formula is C22H27Cl2N5O2Si. The van der Waals surface area contributed by atoms with Gasteiger partial charge in [-0.05, 0) is 30.6 Å². The number of nitrogens with zero attached hydrogens (tertiary/aromatic N) is 5. The van der Waals surface area contributed by atoms with Gasteiger partial charge in [0.1, 0.15) is 6.73 Å². The first-order valence-electron chi connectivity index (χ1n) is 10.6. The van der Waals surface area contributed by atoms with Crippen LogP contribution in [0.1, 0.15) is 6.92 Å². The summed E-state index contributed by atoms with van der Waals surface area (Å²) in [6.07, 6.45) is 3.80. The molecule has 0 radical (unpaired) electrons. The Morgan fingerprint density at radius 3 is 2.56 bits per heavy atom. The Morgan fingerprint density at radius 2 is 1.88 bits per heavy atom. The summed E-state index contributed by atoms with van der Waals surface area (Å²) in [5, 5.41) is 6.51. The second-order valence-corrected chi connectivity index (χ2v) is 15.5. The molecule has 0 spiro atoms. The van der Waals surface area contributed by atoms with Crippen LogP contribution < -0.4 is 5.56 Å². The molecule has 0 aliphatic heterocycles. The first-order chi connectivity index (χ1) is 15.1. The van der Waals surface area contributed by atoms with E-state index in [-0.39, 0.29) is 17.6 Å². The number of benzene rings is 1. The summed E-state index contributed by atoms with van der Waals surface area (Å²) >= 11 is 13.0. The van der Waals surface area contributed by atoms with Gasteiger partial charge in [0.15, 0.2) is 5.65 Å². The van der Waals surface area contributed by atoms with Crippen molar-refractivity contribution >= 4 is 53.2 Å². The summed E-state index contributed by atoms with van der Waals surface area (Å²) in [5.74, 6) is 0. The van der Waals surface area contributed by atoms with E-state index < -0.39 is 8.07 Å². The smallest absolute Gasteiger partial charge is 0.264 e. The zero-order valence-electron chi connectivity index (χ0n) is 18.9. The maximum Gasteiger partial charge on any atom is 0.264 e. The van der Waals surface area contributed by atoms with Crippen molar-refractivity contribution in [1.82, 2.24) is 23.9 Å². The van der Waals surface area contributed by atoms with Crippen molar-refractivity contribution in [2.24, 2.45) is 7.05 Å². The van der Waals surface area contributed by atoms with Gasteiger partial charge >= 0.3 is 0 Å². The van der Waals surface area contributed by atoms with E-state index >= 15 is 0 Å². The number of halogens is 2. The number of hydrogen-bond acceptors (Lipinski definition) is 4. The molecule has 3 aromatic heterocycles. The van der Waals surface area contributed by atoms with Gasteiger partial charge in [0, 0.05) is 57.2 Å². The lowest BCUT2D eigenvalue weighted by Gasteiger charge is -2.15. The molecule has 7 nitrogen and oxygen atoms in total. The number of aromatic nitrogens is 5. The van der Waals surface area contributed by atoms with Crippen molar-refractivity contribution in [2.75, 3.05) is 6.61 Å². The van der Waals surface area contributed by atoms with Crippen LogP contribution in [0, 0.1) is 0 Å². The minimum Gasteiger partial charge on any atom is -0.361 e. The summed E-state index contributed by atoms with van der Waals surface area (Å²) in [6, 6.07) is 4.87. The highest BCUT2D eigenvalue weighted by Crippen LogP contribution is 2.37. The molecule has 1 aromatic carbocycles. The highest BCUT2D eigenvalue weighted by Gasteiger charge is 2.21. The molecule has 0 bridgehead atoms. The molecule has 170 valence electrons. The Balaban J connectivity index is 1.84. The van der Waals surface area contributed by atoms with Gasteiger partial charge in [0.05, 0.1) is 15.9 Å². The van der Waals surface area contributed by atoms with Gasteiger partial charge in [-0.1, -0.05) is 37.3 Å². The maximum atomic E-state index is 13.2. The predicted octanol–water partition coefficient (Wildman–Crippen LogP) is 5.39. The Kier molecular flexibility index (Phi) is 6.24. The number of hydrogen-bond donors (Lipinski definition) is 0. The van der Waals surface area contributed by atoms with Crippen molar-refractivity contribution in [3.8, 4) is 11.1 Å². The van der Waals surface area contributed by atoms with Crippen LogP contribution in [0.2, 0.25) is 36.0 Å². The van der Waals surface area contributed by atoms with Crippen molar-refractivity contribution in [1.29, 1.82) is 0 Å². The standard InChI is InChI=1S/C22H27Cl2N5O2Si/c1-6-29-12-16-17(26-29)8-7-14(19(16)23)15-11-28(13-31-9-10-32(3,4)5)20-18(15)21(30)27(2)22(24)25-20/h7-8,11-12H,6,9-10,13H2,1-5H3. The molecule has 0 saturated carbocycles. The first-order valence-corrected chi connectivity index (χ1v) is 15.1. The van der Waals surface area contributed by atoms with Crippen molar-refractivity contribution in [3.63, 3.8) is 0 Å². The summed E-state index contributed by atoms with van der Waals surface area (Å²) in [6.45, 7) is 10.6. The van der Waals surface area contributed by atoms with Gasteiger partial charge in [-0.2, -0.15) is 5.10 Å². The van der Waals surface area contributed by atoms with Gasteiger partial charge in [-0.25, -0.2) is 4.98 Å². The van der Waals surface area contributed by atoms with E-state index in [0.717, 1.165) is 29.1 Å². The lowest BCUT2D eigenvalue weighted by molar-refractivity contribution is 0.0899. The van der Waals surface area contributed by atoms with Crippen LogP contribution in [-0.2, 0) is 25.1 Å². The van der Waals surface area contributed by atoms with Crippen molar-refractivity contribution in [2.45, 2.75) is 45.9 Å². The van der Waals surface area contributed by atoms with Crippen LogP contribution in [0.4, 0.5) is 0 Å². The van der Waals surface area contributed by atoms with Gasteiger partial charge < -0.3 is 9.30 Å². The number of fused-ring (bicyclic) bond motifs is 2. The van der Waals surface area contributed by atoms with Gasteiger partial charge in [0.25, 0.3) is 5.56 Å². The van der Waals surface area contributed by atoms with E-state index in [1.54, 1.807) is 7.05 Å². The third kappa shape index (κ3) is 4.24. The van der Waals surface area contributed by atoms with Crippen LogP contribution in [-0.4, -0.2) is 38.6 Å². The quantitative estimate of drug-likeness (QED) is 0.197. The fourth-order valence-electron chi connectivity index (χ4n) is 3.61. The topological polar surface area (TPSA) is 66.9 Å². The second-order valence-electron chi connectivity index (χ2n) is 9.15. The Labute approximate surface area is 197 Å². The van der Waals surface area contributed by atoms with Crippen LogP contribution >= 0.6 is 23.2 Å². The summed E-state index contributed by atoms with van der Waals surface area (Å²) in [7, 11) is 0.404. The molecule has 4 rings (SSSR count). The SMILES string of the molecule is CCn1cc2c(Cl)c(-c3cn(COCC[Si](C)(C)C)c4nc(Cl)n(C)c(=O)c34)ccc2n1. The third-order valence-corrected chi connectivity index (χ3v) is 8.00. The molecular weight excluding hydrogens is 465 g/mol. The number of ether oxygens (including phenoxy) is 1. The molecule has 0 aliphatic rings. The fourth-order valence-corrected chi connectivity index (χ4v) is 4.84. The van der Waals surface area contributed by atoms with E-state index in [1.165, 1.54) is 4.57 Å². The fraction of sp³-hybridized carbons (Fsp3) is 0.409. The van der Waals surface area contributed by atoms with Gasteiger partial charge in [-0.15, -0.1) is 0 Å². The predicted molar refractivity (Wildman–Crippen MR) is 133 cm³/mol. The van der Waals surface area contributed by atoms with E-state index in [1.807, 2.05) is 40.7 Å². The van der Waals surface area contributed by atoms with E-state index in [9.17, 15) is 4.79 Å². The molecule has 0 aliphatic carbocycles. The largest absolute Gasteiger partial charge is 0.361 e. The molecule has 10 heteroatoms. The molecule has 0 fully saturated rings. The molecule has 0 atom stereocenters. The highest BCUT2D eigenvalue weighted by molar-refractivity contribution is 6.76. The monoisotopic (exact) mass is 491 g/mol. The summed E-state index contributed by atoms with van der Waals surface area (Å²) in [5.41, 5.74) is 2.53. The number of rotatable bonds is 7. The summed E-state index contributed by atoms with van der Waals surface area (Å²) in [4.78, 5) is 17.7. The molecule has 0 unspecified atom stereocenters. The first kappa shape index (κ1) is 23.0. The zero-order valence-corrected chi connectivity index (χ0v) is 21.5. The lowest BCUT2D eigenvalue weighted by atomic mass is 10.0. The van der Waals surface area contributed by atoms with Crippen molar-refractivity contribution < 1.29 is 4.74 Å². The van der Waals surface area contributed by atoms with Crippen LogP contribution in [0.3, 0.4) is 0 Å². The van der Waals surface area contributed by atoms with Crippen LogP contribution in [0.15, 0.2) is 29.3 Å². The zero-order chi connectivity index (χ0) is 23.2. The highest BCUT2D eigenvalue weighted by atomic mass is 35.5. The van der Waals surface area contributed by atoms with E-state index in [4.69, 9.17) is 27.9 Å². The van der Waals surface area contributed by atoms with Crippen LogP contribution in [0.25, 0.3) is 33.1 Å². The van der Waals surface area contributed by atoms with Crippen LogP contribution in [0.5, 0.6) is 0 Å². The molecule has 4 aromatic rings. The maximum absolute atomic E-state index is 13.2. The van der Waals surface area contributed by atoms with Gasteiger partial charge in [0.2, 0.25) is 5.28 Å². The Hall–Kier alpha value is -2.13. The van der Waals surface area contributed by atoms with E-state index in [2.05, 4.69) is 29.7 Å². The molecule has 32 heavy (non-hydrogen) atoms. The Bertz CT molecular complexity index is 1370. The molecule has 0 amide bonds. The van der Waals surface area contributed by atoms with Gasteiger partial charge in [-0.3, -0.25) is 14.0 Å². The molecule has 0 N–H and O–H groups in total. The minimum absolute atomic E-state index is 0.126. The minimum atomic E-state index is -1.21. The van der Waals surface area contributed by atoms with Crippen molar-refractivity contribution in [3.05, 3.63) is 45.2 Å². The molecule has 0 saturated heterocycles. The van der Waals surface area contributed by atoms with E-state index in [0.29, 0.717) is 28.2 Å². The second kappa shape index (κ2) is 8.66. The average Bonchev–Trinajstić information content (AvgIpc) is 3.31.